The Morgan fingerprint density at radius 2 is 1.88 bits per heavy atom. The average molecular weight is 437 g/mol. The first-order valence-corrected chi connectivity index (χ1v) is 10.3. The van der Waals surface area contributed by atoms with Crippen molar-refractivity contribution in [3.8, 4) is 17.2 Å². The van der Waals surface area contributed by atoms with E-state index < -0.39 is 17.7 Å². The van der Waals surface area contributed by atoms with Crippen molar-refractivity contribution in [2.24, 2.45) is 0 Å². The molecule has 1 saturated heterocycles. The van der Waals surface area contributed by atoms with E-state index in [1.54, 1.807) is 42.5 Å². The summed E-state index contributed by atoms with van der Waals surface area (Å²) in [5, 5.41) is 11.2. The van der Waals surface area contributed by atoms with E-state index in [1.807, 2.05) is 13.0 Å². The highest BCUT2D eigenvalue weighted by Crippen LogP contribution is 2.41. The van der Waals surface area contributed by atoms with Crippen LogP contribution in [0.2, 0.25) is 0 Å². The number of hydrogen-bond donors (Lipinski definition) is 1. The Bertz CT molecular complexity index is 1060. The number of methoxy groups -OCH3 is 2. The van der Waals surface area contributed by atoms with Crippen molar-refractivity contribution in [1.82, 2.24) is 4.90 Å². The van der Waals surface area contributed by atoms with Gasteiger partial charge in [0.25, 0.3) is 11.7 Å². The summed E-state index contributed by atoms with van der Waals surface area (Å²) >= 11 is 0. The third-order valence-corrected chi connectivity index (χ3v) is 5.20. The molecular weight excluding hydrogens is 410 g/mol. The minimum absolute atomic E-state index is 0.0246. The van der Waals surface area contributed by atoms with Gasteiger partial charge in [0.2, 0.25) is 0 Å². The average Bonchev–Trinajstić information content (AvgIpc) is 3.07. The number of hydrogen-bond acceptors (Lipinski definition) is 6. The van der Waals surface area contributed by atoms with Gasteiger partial charge in [-0.05, 0) is 42.3 Å². The maximum absolute atomic E-state index is 13.0. The zero-order chi connectivity index (χ0) is 23.3. The summed E-state index contributed by atoms with van der Waals surface area (Å²) in [6.45, 7) is 6.26. The van der Waals surface area contributed by atoms with E-state index in [4.69, 9.17) is 14.2 Å². The van der Waals surface area contributed by atoms with Gasteiger partial charge in [0, 0.05) is 12.1 Å². The number of aliphatic hydroxyl groups excluding tert-OH is 1. The molecule has 1 N–H and O–H groups in total. The van der Waals surface area contributed by atoms with Crippen molar-refractivity contribution in [3.63, 3.8) is 0 Å². The molecule has 0 saturated carbocycles. The van der Waals surface area contributed by atoms with Crippen LogP contribution in [-0.2, 0) is 9.59 Å². The van der Waals surface area contributed by atoms with E-state index >= 15 is 0 Å². The summed E-state index contributed by atoms with van der Waals surface area (Å²) < 4.78 is 16.2. The molecule has 3 rings (SSSR count). The van der Waals surface area contributed by atoms with Gasteiger partial charge in [-0.25, -0.2) is 0 Å². The molecule has 1 fully saturated rings. The van der Waals surface area contributed by atoms with Crippen LogP contribution in [0.25, 0.3) is 5.76 Å². The number of carbonyl (C=O) groups excluding carboxylic acids is 2. The van der Waals surface area contributed by atoms with Crippen LogP contribution in [0.3, 0.4) is 0 Å². The summed E-state index contributed by atoms with van der Waals surface area (Å²) in [5.74, 6) is -0.180. The lowest BCUT2D eigenvalue weighted by atomic mass is 9.95. The highest BCUT2D eigenvalue weighted by atomic mass is 16.5. The zero-order valence-corrected chi connectivity index (χ0v) is 18.5. The Hall–Kier alpha value is -3.74. The maximum atomic E-state index is 13.0. The Balaban J connectivity index is 2.16. The van der Waals surface area contributed by atoms with Crippen molar-refractivity contribution < 1.29 is 28.9 Å². The lowest BCUT2D eigenvalue weighted by Gasteiger charge is -2.25. The minimum Gasteiger partial charge on any atom is -0.507 e. The van der Waals surface area contributed by atoms with Crippen molar-refractivity contribution in [1.29, 1.82) is 0 Å². The van der Waals surface area contributed by atoms with Crippen LogP contribution in [0.5, 0.6) is 17.2 Å². The van der Waals surface area contributed by atoms with Gasteiger partial charge in [0.15, 0.2) is 11.5 Å². The van der Waals surface area contributed by atoms with Gasteiger partial charge in [0.05, 0.1) is 25.8 Å². The number of rotatable bonds is 9. The molecule has 1 atom stereocenters. The fourth-order valence-electron chi connectivity index (χ4n) is 3.77. The number of carbonyl (C=O) groups is 2. The van der Waals surface area contributed by atoms with Crippen molar-refractivity contribution in [3.05, 3.63) is 71.8 Å². The smallest absolute Gasteiger partial charge is 0.295 e. The predicted molar refractivity (Wildman–Crippen MR) is 121 cm³/mol. The van der Waals surface area contributed by atoms with Gasteiger partial charge < -0.3 is 24.2 Å². The summed E-state index contributed by atoms with van der Waals surface area (Å²) in [6, 6.07) is 11.2. The molecule has 0 bridgehead atoms. The summed E-state index contributed by atoms with van der Waals surface area (Å²) in [7, 11) is 2.99. The third-order valence-electron chi connectivity index (χ3n) is 5.20. The zero-order valence-electron chi connectivity index (χ0n) is 18.5. The Labute approximate surface area is 187 Å². The predicted octanol–water partition coefficient (Wildman–Crippen LogP) is 4.10. The van der Waals surface area contributed by atoms with Crippen molar-refractivity contribution in [2.45, 2.75) is 19.4 Å². The molecule has 7 nitrogen and oxygen atoms in total. The molecule has 2 aromatic carbocycles. The molecule has 1 aliphatic heterocycles. The standard InChI is InChI=1S/C25H27NO6/c1-5-12-26-22(16-8-7-9-18(14-16)32-13-6-2)21(24(28)25(26)29)23(27)17-10-11-19(30-3)20(15-17)31-4/h6-11,14-15,22,27H,2,5,12-13H2,1,3-4H3/b23-21+. The molecule has 0 spiro atoms. The number of ketones is 1. The molecule has 0 aromatic heterocycles. The third kappa shape index (κ3) is 4.32. The van der Waals surface area contributed by atoms with Gasteiger partial charge in [-0.3, -0.25) is 9.59 Å². The van der Waals surface area contributed by atoms with E-state index in [2.05, 4.69) is 6.58 Å². The van der Waals surface area contributed by atoms with Crippen LogP contribution < -0.4 is 14.2 Å². The normalized spacial score (nSPS) is 17.3. The number of aliphatic hydroxyl groups is 1. The molecule has 2 aromatic rings. The molecule has 168 valence electrons. The largest absolute Gasteiger partial charge is 0.507 e. The molecule has 7 heteroatoms. The van der Waals surface area contributed by atoms with Gasteiger partial charge in [0.1, 0.15) is 18.1 Å². The second kappa shape index (κ2) is 10.0. The SMILES string of the molecule is C=CCOc1cccc(C2/C(=C(\O)c3ccc(OC)c(OC)c3)C(=O)C(=O)N2CCC)c1. The van der Waals surface area contributed by atoms with E-state index in [-0.39, 0.29) is 11.3 Å². The van der Waals surface area contributed by atoms with Gasteiger partial charge in [-0.1, -0.05) is 31.7 Å². The molecule has 0 aliphatic carbocycles. The Kier molecular flexibility index (Phi) is 7.20. The van der Waals surface area contributed by atoms with Crippen molar-refractivity contribution in [2.75, 3.05) is 27.4 Å². The fraction of sp³-hybridized carbons (Fsp3) is 0.280. The fourth-order valence-corrected chi connectivity index (χ4v) is 3.77. The lowest BCUT2D eigenvalue weighted by molar-refractivity contribution is -0.139. The van der Waals surface area contributed by atoms with Crippen LogP contribution in [0.1, 0.15) is 30.5 Å². The second-order valence-electron chi connectivity index (χ2n) is 7.23. The minimum atomic E-state index is -0.740. The summed E-state index contributed by atoms with van der Waals surface area (Å²) in [4.78, 5) is 27.3. The number of amides is 1. The highest BCUT2D eigenvalue weighted by Gasteiger charge is 2.45. The summed E-state index contributed by atoms with van der Waals surface area (Å²) in [5.41, 5.74) is 1.04. The van der Waals surface area contributed by atoms with Crippen LogP contribution in [0.4, 0.5) is 0 Å². The molecular formula is C25H27NO6. The van der Waals surface area contributed by atoms with Gasteiger partial charge in [-0.15, -0.1) is 0 Å². The molecule has 1 aliphatic rings. The number of nitrogens with zero attached hydrogens (tertiary/aromatic N) is 1. The van der Waals surface area contributed by atoms with Crippen LogP contribution in [0, 0.1) is 0 Å². The van der Waals surface area contributed by atoms with Gasteiger partial charge in [-0.2, -0.15) is 0 Å². The van der Waals surface area contributed by atoms with E-state index in [0.29, 0.717) is 47.9 Å². The Morgan fingerprint density at radius 3 is 2.53 bits per heavy atom. The molecule has 1 unspecified atom stereocenters. The molecule has 1 heterocycles. The first-order valence-electron chi connectivity index (χ1n) is 10.3. The quantitative estimate of drug-likeness (QED) is 0.275. The summed E-state index contributed by atoms with van der Waals surface area (Å²) in [6.07, 6.45) is 2.29. The number of benzene rings is 2. The van der Waals surface area contributed by atoms with Crippen LogP contribution >= 0.6 is 0 Å². The van der Waals surface area contributed by atoms with E-state index in [9.17, 15) is 14.7 Å². The molecule has 1 amide bonds. The Morgan fingerprint density at radius 1 is 1.12 bits per heavy atom. The number of ether oxygens (including phenoxy) is 3. The molecule has 0 radical (unpaired) electrons. The lowest BCUT2D eigenvalue weighted by Crippen LogP contribution is -2.30. The number of likely N-dealkylation sites (tertiary alicyclic amines) is 1. The number of Topliss-reactive ketones (excluding diaryl/α,β-unsaturated/α-hetero) is 1. The monoisotopic (exact) mass is 437 g/mol. The van der Waals surface area contributed by atoms with E-state index in [1.165, 1.54) is 19.1 Å². The first kappa shape index (κ1) is 22.9. The van der Waals surface area contributed by atoms with Gasteiger partial charge >= 0.3 is 0 Å². The first-order chi connectivity index (χ1) is 15.5. The van der Waals surface area contributed by atoms with Crippen LogP contribution in [0.15, 0.2) is 60.7 Å². The van der Waals surface area contributed by atoms with Crippen LogP contribution in [-0.4, -0.2) is 49.1 Å². The molecule has 32 heavy (non-hydrogen) atoms. The highest BCUT2D eigenvalue weighted by molar-refractivity contribution is 6.46. The topological polar surface area (TPSA) is 85.3 Å². The van der Waals surface area contributed by atoms with E-state index in [0.717, 1.165) is 0 Å². The van der Waals surface area contributed by atoms with Crippen molar-refractivity contribution >= 4 is 17.4 Å². The second-order valence-corrected chi connectivity index (χ2v) is 7.23. The maximum Gasteiger partial charge on any atom is 0.295 e.